The molecule has 0 fully saturated rings. The lowest BCUT2D eigenvalue weighted by molar-refractivity contribution is -0.111. The van der Waals surface area contributed by atoms with Gasteiger partial charge in [-0.2, -0.15) is 0 Å². The summed E-state index contributed by atoms with van der Waals surface area (Å²) in [6, 6.07) is 13.3. The van der Waals surface area contributed by atoms with Crippen LogP contribution in [0.1, 0.15) is 20.8 Å². The van der Waals surface area contributed by atoms with Gasteiger partial charge in [-0.3, -0.25) is 4.79 Å². The summed E-state index contributed by atoms with van der Waals surface area (Å²) in [5.74, 6) is 5.70. The van der Waals surface area contributed by atoms with E-state index in [1.165, 1.54) is 6.33 Å². The molecule has 1 heterocycles. The van der Waals surface area contributed by atoms with Crippen LogP contribution in [-0.4, -0.2) is 30.8 Å². The van der Waals surface area contributed by atoms with Crippen LogP contribution in [0.3, 0.4) is 0 Å². The van der Waals surface area contributed by atoms with E-state index < -0.39 is 8.32 Å². The van der Waals surface area contributed by atoms with Crippen LogP contribution in [-0.2, 0) is 9.22 Å². The third-order valence-corrected chi connectivity index (χ3v) is 10.5. The Labute approximate surface area is 198 Å². The molecule has 3 rings (SSSR count). The minimum Gasteiger partial charge on any atom is -0.406 e. The summed E-state index contributed by atoms with van der Waals surface area (Å²) in [5.41, 5.74) is 2.28. The number of fused-ring (bicyclic) bond motifs is 1. The molecule has 0 aliphatic carbocycles. The Morgan fingerprint density at radius 2 is 1.91 bits per heavy atom. The van der Waals surface area contributed by atoms with E-state index in [9.17, 15) is 4.79 Å². The Balaban J connectivity index is 1.71. The van der Waals surface area contributed by atoms with Crippen molar-refractivity contribution in [3.8, 4) is 11.8 Å². The highest BCUT2D eigenvalue weighted by Gasteiger charge is 2.36. The predicted molar refractivity (Wildman–Crippen MR) is 137 cm³/mol. The first-order valence-electron chi connectivity index (χ1n) is 10.3. The molecule has 0 atom stereocenters. The van der Waals surface area contributed by atoms with Crippen molar-refractivity contribution in [3.05, 3.63) is 53.3 Å². The Hall–Kier alpha value is -2.73. The van der Waals surface area contributed by atoms with E-state index in [0.717, 1.165) is 21.1 Å². The zero-order valence-electron chi connectivity index (χ0n) is 18.9. The zero-order valence-corrected chi connectivity index (χ0v) is 21.5. The molecule has 0 saturated carbocycles. The molecule has 32 heavy (non-hydrogen) atoms. The monoisotopic (exact) mass is 510 g/mol. The topological polar surface area (TPSA) is 76.1 Å². The number of rotatable bonds is 5. The number of halogens is 1. The van der Waals surface area contributed by atoms with Crippen LogP contribution < -0.4 is 10.6 Å². The number of carbonyl (C=O) groups excluding carboxylic acids is 1. The maximum Gasteiger partial charge on any atom is 0.300 e. The molecule has 1 amide bonds. The SMILES string of the molecule is CC(C)(C)[Si](C)(C)OCC#CC(=O)Nc1ccc2ncnc(Nc3cccc(Br)c3)c2c1. The molecule has 0 spiro atoms. The largest absolute Gasteiger partial charge is 0.406 e. The van der Waals surface area contributed by atoms with E-state index in [1.54, 1.807) is 6.07 Å². The quantitative estimate of drug-likeness (QED) is 0.320. The number of aromatic nitrogens is 2. The molecule has 8 heteroatoms. The van der Waals surface area contributed by atoms with Crippen LogP contribution in [0.15, 0.2) is 53.3 Å². The Morgan fingerprint density at radius 3 is 2.62 bits per heavy atom. The average molecular weight is 511 g/mol. The molecule has 0 bridgehead atoms. The minimum atomic E-state index is -1.88. The van der Waals surface area contributed by atoms with Crippen molar-refractivity contribution >= 4 is 58.3 Å². The second kappa shape index (κ2) is 9.82. The normalized spacial score (nSPS) is 11.6. The van der Waals surface area contributed by atoms with Crippen LogP contribution >= 0.6 is 15.9 Å². The lowest BCUT2D eigenvalue weighted by Crippen LogP contribution is -2.40. The van der Waals surface area contributed by atoms with Crippen LogP contribution in [0.2, 0.25) is 18.1 Å². The Morgan fingerprint density at radius 1 is 1.12 bits per heavy atom. The molecular weight excluding hydrogens is 484 g/mol. The number of nitrogens with one attached hydrogen (secondary N) is 2. The van der Waals surface area contributed by atoms with Crippen molar-refractivity contribution in [1.29, 1.82) is 0 Å². The van der Waals surface area contributed by atoms with E-state index in [0.29, 0.717) is 11.5 Å². The first-order valence-corrected chi connectivity index (χ1v) is 14.0. The van der Waals surface area contributed by atoms with Gasteiger partial charge in [-0.05, 0) is 60.5 Å². The van der Waals surface area contributed by atoms with Crippen molar-refractivity contribution in [2.24, 2.45) is 0 Å². The smallest absolute Gasteiger partial charge is 0.300 e. The number of amides is 1. The third-order valence-electron chi connectivity index (χ3n) is 5.49. The molecule has 0 aliphatic heterocycles. The summed E-state index contributed by atoms with van der Waals surface area (Å²) in [5, 5.41) is 7.01. The van der Waals surface area contributed by atoms with E-state index in [4.69, 9.17) is 4.43 Å². The summed E-state index contributed by atoms with van der Waals surface area (Å²) in [6.07, 6.45) is 1.51. The van der Waals surface area contributed by atoms with Crippen molar-refractivity contribution in [3.63, 3.8) is 0 Å². The van der Waals surface area contributed by atoms with Crippen molar-refractivity contribution in [2.45, 2.75) is 38.9 Å². The van der Waals surface area contributed by atoms with Gasteiger partial charge < -0.3 is 15.1 Å². The van der Waals surface area contributed by atoms with Gasteiger partial charge in [0.2, 0.25) is 0 Å². The summed E-state index contributed by atoms with van der Waals surface area (Å²) >= 11 is 3.47. The van der Waals surface area contributed by atoms with Gasteiger partial charge in [-0.25, -0.2) is 9.97 Å². The lowest BCUT2D eigenvalue weighted by Gasteiger charge is -2.35. The van der Waals surface area contributed by atoms with Crippen molar-refractivity contribution in [1.82, 2.24) is 9.97 Å². The van der Waals surface area contributed by atoms with Gasteiger partial charge in [-0.15, -0.1) is 0 Å². The van der Waals surface area contributed by atoms with Gasteiger partial charge in [-0.1, -0.05) is 48.7 Å². The van der Waals surface area contributed by atoms with E-state index in [1.807, 2.05) is 36.4 Å². The predicted octanol–water partition coefficient (Wildman–Crippen LogP) is 6.10. The van der Waals surface area contributed by atoms with Crippen molar-refractivity contribution in [2.75, 3.05) is 17.2 Å². The molecule has 0 aliphatic rings. The van der Waals surface area contributed by atoms with Gasteiger partial charge in [0, 0.05) is 21.2 Å². The molecule has 0 radical (unpaired) electrons. The van der Waals surface area contributed by atoms with Crippen LogP contribution in [0, 0.1) is 11.8 Å². The maximum atomic E-state index is 12.3. The first-order chi connectivity index (χ1) is 15.0. The highest BCUT2D eigenvalue weighted by atomic mass is 79.9. The lowest BCUT2D eigenvalue weighted by atomic mass is 10.2. The summed E-state index contributed by atoms with van der Waals surface area (Å²) in [6.45, 7) is 11.1. The molecule has 3 aromatic rings. The number of nitrogens with zero attached hydrogens (tertiary/aromatic N) is 2. The average Bonchev–Trinajstić information content (AvgIpc) is 2.71. The zero-order chi connectivity index (χ0) is 23.4. The highest BCUT2D eigenvalue weighted by molar-refractivity contribution is 9.10. The number of benzene rings is 2. The number of anilines is 3. The van der Waals surface area contributed by atoms with E-state index >= 15 is 0 Å². The number of carbonyl (C=O) groups is 1. The Kier molecular flexibility index (Phi) is 7.34. The molecule has 6 nitrogen and oxygen atoms in total. The summed E-state index contributed by atoms with van der Waals surface area (Å²) < 4.78 is 6.95. The molecule has 1 aromatic heterocycles. The van der Waals surface area contributed by atoms with Crippen LogP contribution in [0.5, 0.6) is 0 Å². The molecule has 166 valence electrons. The summed E-state index contributed by atoms with van der Waals surface area (Å²) in [4.78, 5) is 21.0. The van der Waals surface area contributed by atoms with Gasteiger partial charge in [0.15, 0.2) is 8.32 Å². The second-order valence-corrected chi connectivity index (χ2v) is 14.6. The van der Waals surface area contributed by atoms with Gasteiger partial charge in [0.05, 0.1) is 12.1 Å². The fourth-order valence-electron chi connectivity index (χ4n) is 2.65. The molecular formula is C24H27BrN4O2Si. The molecule has 2 N–H and O–H groups in total. The summed E-state index contributed by atoms with van der Waals surface area (Å²) in [7, 11) is -1.88. The fraction of sp³-hybridized carbons (Fsp3) is 0.292. The second-order valence-electron chi connectivity index (χ2n) is 8.89. The maximum absolute atomic E-state index is 12.3. The fourth-order valence-corrected chi connectivity index (χ4v) is 3.91. The van der Waals surface area contributed by atoms with Gasteiger partial charge in [0.1, 0.15) is 12.1 Å². The van der Waals surface area contributed by atoms with Crippen LogP contribution in [0.4, 0.5) is 17.2 Å². The van der Waals surface area contributed by atoms with E-state index in [-0.39, 0.29) is 17.6 Å². The minimum absolute atomic E-state index is 0.103. The number of hydrogen-bond donors (Lipinski definition) is 2. The first kappa shape index (κ1) is 23.9. The van der Waals surface area contributed by atoms with Crippen molar-refractivity contribution < 1.29 is 9.22 Å². The van der Waals surface area contributed by atoms with Gasteiger partial charge in [0.25, 0.3) is 5.91 Å². The van der Waals surface area contributed by atoms with E-state index in [2.05, 4.69) is 82.2 Å². The molecule has 0 saturated heterocycles. The van der Waals surface area contributed by atoms with Crippen LogP contribution in [0.25, 0.3) is 10.9 Å². The Bertz CT molecular complexity index is 1200. The van der Waals surface area contributed by atoms with Gasteiger partial charge >= 0.3 is 0 Å². The number of hydrogen-bond acceptors (Lipinski definition) is 5. The standard InChI is InChI=1S/C24H27BrN4O2Si/c1-24(2,3)32(4,5)31-13-7-10-22(30)28-19-11-12-21-20(15-19)23(27-16-26-21)29-18-9-6-8-17(25)14-18/h6,8-9,11-12,14-16H,13H2,1-5H3,(H,28,30)(H,26,27,29). The molecule has 0 unspecified atom stereocenters. The molecule has 2 aromatic carbocycles. The highest BCUT2D eigenvalue weighted by Crippen LogP contribution is 2.36. The third kappa shape index (κ3) is 6.16.